The van der Waals surface area contributed by atoms with Gasteiger partial charge in [-0.25, -0.2) is 0 Å². The van der Waals surface area contributed by atoms with Crippen LogP contribution in [0.2, 0.25) is 0 Å². The molecular weight excluding hydrogens is 824 g/mol. The minimum atomic E-state index is 0.192. The maximum atomic E-state index is 2.50. The Hall–Kier alpha value is -7.54. The second-order valence-electron chi connectivity index (χ2n) is 16.7. The van der Waals surface area contributed by atoms with Crippen molar-refractivity contribution in [3.63, 3.8) is 0 Å². The van der Waals surface area contributed by atoms with Crippen molar-refractivity contribution in [3.05, 3.63) is 231 Å². The quantitative estimate of drug-likeness (QED) is 0.119. The second kappa shape index (κ2) is 14.5. The van der Waals surface area contributed by atoms with Crippen LogP contribution in [0.5, 0.6) is 0 Å². The van der Waals surface area contributed by atoms with Crippen LogP contribution in [-0.2, 0) is 0 Å². The van der Waals surface area contributed by atoms with Crippen molar-refractivity contribution in [2.45, 2.75) is 0 Å². The Balaban J connectivity index is 0.958. The molecule has 0 aliphatic heterocycles. The van der Waals surface area contributed by atoms with Crippen LogP contribution in [0, 0.1) is 0 Å². The van der Waals surface area contributed by atoms with Gasteiger partial charge in [-0.3, -0.25) is 0 Å². The van der Waals surface area contributed by atoms with Gasteiger partial charge in [0.05, 0.1) is 0 Å². The van der Waals surface area contributed by atoms with Gasteiger partial charge in [0.1, 0.15) is 0 Å². The van der Waals surface area contributed by atoms with E-state index in [-0.39, 0.29) is 14.5 Å². The summed E-state index contributed by atoms with van der Waals surface area (Å²) in [5.74, 6) is 0. The summed E-state index contributed by atoms with van der Waals surface area (Å²) in [4.78, 5) is 0. The van der Waals surface area contributed by atoms with Gasteiger partial charge in [0, 0.05) is 0 Å². The zero-order valence-corrected chi connectivity index (χ0v) is 36.1. The molecule has 1 aromatic heterocycles. The summed E-state index contributed by atoms with van der Waals surface area (Å²) in [6, 6.07) is 85.9. The van der Waals surface area contributed by atoms with E-state index in [2.05, 4.69) is 231 Å². The molecule has 0 amide bonds. The van der Waals surface area contributed by atoms with Crippen LogP contribution >= 0.6 is 0 Å². The van der Waals surface area contributed by atoms with Crippen LogP contribution in [0.3, 0.4) is 0 Å². The standard InChI is InChI=1S/C62H38Se/c1-2-16-41(17-3-1)59-48-20-6-10-24-52(48)61(53-25-11-7-21-49(53)59)43-34-36-57-56(37-43)47-35-33-44(38-58(47)63-57)62-54-26-12-8-22-50(54)60(51-23-9-13-27-55(51)62)42-31-29-40(30-32-42)46-28-14-18-39-15-4-5-19-45(39)46/h1-38H. The fourth-order valence-corrected chi connectivity index (χ4v) is 12.8. The predicted molar refractivity (Wildman–Crippen MR) is 273 cm³/mol. The molecule has 13 rings (SSSR count). The first-order chi connectivity index (χ1) is 31.3. The Labute approximate surface area is 371 Å². The fourth-order valence-electron chi connectivity index (χ4n) is 10.5. The van der Waals surface area contributed by atoms with Crippen molar-refractivity contribution in [1.82, 2.24) is 0 Å². The summed E-state index contributed by atoms with van der Waals surface area (Å²) < 4.78 is 2.90. The Kier molecular flexibility index (Phi) is 8.34. The summed E-state index contributed by atoms with van der Waals surface area (Å²) in [6.45, 7) is 0. The molecule has 1 heteroatoms. The number of rotatable bonds is 5. The molecule has 1 heterocycles. The number of fused-ring (bicyclic) bond motifs is 8. The molecule has 0 aliphatic rings. The first-order valence-electron chi connectivity index (χ1n) is 21.7. The Morgan fingerprint density at radius 1 is 0.206 bits per heavy atom. The molecule has 0 saturated carbocycles. The molecule has 0 aliphatic carbocycles. The number of hydrogen-bond donors (Lipinski definition) is 0. The Bertz CT molecular complexity index is 3830. The van der Waals surface area contributed by atoms with E-state index in [4.69, 9.17) is 0 Å². The van der Waals surface area contributed by atoms with Crippen LogP contribution in [0.4, 0.5) is 0 Å². The molecule has 0 spiro atoms. The molecule has 63 heavy (non-hydrogen) atoms. The molecule has 0 radical (unpaired) electrons. The third kappa shape index (κ3) is 5.75. The second-order valence-corrected chi connectivity index (χ2v) is 19.0. The Morgan fingerprint density at radius 3 is 1.16 bits per heavy atom. The zero-order valence-electron chi connectivity index (χ0n) is 34.3. The van der Waals surface area contributed by atoms with E-state index in [9.17, 15) is 0 Å². The van der Waals surface area contributed by atoms with Gasteiger partial charge in [0.15, 0.2) is 0 Å². The van der Waals surface area contributed by atoms with Gasteiger partial charge in [-0.1, -0.05) is 42.5 Å². The van der Waals surface area contributed by atoms with E-state index in [0.29, 0.717) is 0 Å². The Morgan fingerprint density at radius 2 is 0.603 bits per heavy atom. The molecule has 292 valence electrons. The summed E-state index contributed by atoms with van der Waals surface area (Å²) in [5, 5.41) is 15.6. The van der Waals surface area contributed by atoms with E-state index in [1.165, 1.54) is 129 Å². The average molecular weight is 862 g/mol. The van der Waals surface area contributed by atoms with Crippen molar-refractivity contribution in [1.29, 1.82) is 0 Å². The molecule has 0 unspecified atom stereocenters. The third-order valence-electron chi connectivity index (χ3n) is 13.2. The summed E-state index contributed by atoms with van der Waals surface area (Å²) in [6.07, 6.45) is 0. The third-order valence-corrected chi connectivity index (χ3v) is 15.6. The maximum absolute atomic E-state index is 2.50. The van der Waals surface area contributed by atoms with Gasteiger partial charge in [0.2, 0.25) is 0 Å². The molecular formula is C62H38Se. The minimum absolute atomic E-state index is 0.192. The normalized spacial score (nSPS) is 11.8. The van der Waals surface area contributed by atoms with E-state index >= 15 is 0 Å². The molecule has 0 saturated heterocycles. The van der Waals surface area contributed by atoms with Crippen molar-refractivity contribution in [2.24, 2.45) is 0 Å². The number of benzene rings is 12. The SMILES string of the molecule is c1ccc(-c2c3ccccc3c(-c3ccc4[se]c5cc(-c6c7ccccc7c(-c7ccc(-c8cccc9ccccc89)cc7)c7ccccc67)ccc5c4c3)c3ccccc23)cc1. The molecule has 0 atom stereocenters. The van der Waals surface area contributed by atoms with Gasteiger partial charge in [0.25, 0.3) is 0 Å². The molecule has 0 nitrogen and oxygen atoms in total. The molecule has 13 aromatic rings. The predicted octanol–water partition coefficient (Wildman–Crippen LogP) is 17.2. The van der Waals surface area contributed by atoms with E-state index in [1.54, 1.807) is 0 Å². The average Bonchev–Trinajstić information content (AvgIpc) is 3.72. The van der Waals surface area contributed by atoms with E-state index < -0.39 is 0 Å². The van der Waals surface area contributed by atoms with Crippen molar-refractivity contribution in [3.8, 4) is 55.6 Å². The van der Waals surface area contributed by atoms with Crippen LogP contribution in [-0.4, -0.2) is 14.5 Å². The van der Waals surface area contributed by atoms with Crippen molar-refractivity contribution < 1.29 is 0 Å². The molecule has 12 aromatic carbocycles. The van der Waals surface area contributed by atoms with E-state index in [0.717, 1.165) is 0 Å². The monoisotopic (exact) mass is 862 g/mol. The van der Waals surface area contributed by atoms with Crippen LogP contribution in [0.1, 0.15) is 0 Å². The van der Waals surface area contributed by atoms with Gasteiger partial charge in [-0.15, -0.1) is 0 Å². The first-order valence-corrected chi connectivity index (χ1v) is 23.5. The van der Waals surface area contributed by atoms with E-state index in [1.807, 2.05) is 0 Å². The van der Waals surface area contributed by atoms with Gasteiger partial charge < -0.3 is 0 Å². The van der Waals surface area contributed by atoms with Gasteiger partial charge in [-0.2, -0.15) is 0 Å². The summed E-state index contributed by atoms with van der Waals surface area (Å²) >= 11 is 0.192. The van der Waals surface area contributed by atoms with Gasteiger partial charge in [-0.05, 0) is 10.8 Å². The van der Waals surface area contributed by atoms with Crippen molar-refractivity contribution >= 4 is 87.7 Å². The molecule has 0 fully saturated rings. The zero-order chi connectivity index (χ0) is 41.4. The van der Waals surface area contributed by atoms with Crippen molar-refractivity contribution in [2.75, 3.05) is 0 Å². The first kappa shape index (κ1) is 36.1. The number of hydrogen-bond acceptors (Lipinski definition) is 0. The molecule has 0 bridgehead atoms. The van der Waals surface area contributed by atoms with Gasteiger partial charge >= 0.3 is 321 Å². The van der Waals surface area contributed by atoms with Crippen LogP contribution in [0.15, 0.2) is 231 Å². The topological polar surface area (TPSA) is 0 Å². The molecule has 0 N–H and O–H groups in total. The van der Waals surface area contributed by atoms with Crippen LogP contribution < -0.4 is 0 Å². The van der Waals surface area contributed by atoms with Crippen LogP contribution in [0.25, 0.3) is 129 Å². The summed E-state index contributed by atoms with van der Waals surface area (Å²) in [5.41, 5.74) is 12.7. The summed E-state index contributed by atoms with van der Waals surface area (Å²) in [7, 11) is 0. The fraction of sp³-hybridized carbons (Fsp3) is 0.